The molecule has 0 heterocycles. The summed E-state index contributed by atoms with van der Waals surface area (Å²) in [5, 5.41) is 3.31. The molecular weight excluding hydrogens is 196 g/mol. The van der Waals surface area contributed by atoms with Gasteiger partial charge in [-0.25, -0.2) is 0 Å². The Hall–Kier alpha value is -0.660. The van der Waals surface area contributed by atoms with Crippen molar-refractivity contribution in [1.29, 1.82) is 0 Å². The molecule has 3 nitrogen and oxygen atoms in total. The first-order chi connectivity index (χ1) is 6.61. The lowest BCUT2D eigenvalue weighted by molar-refractivity contribution is -0.122. The number of hydrogen-bond acceptors (Lipinski definition) is 3. The van der Waals surface area contributed by atoms with E-state index in [1.165, 1.54) is 0 Å². The number of hydrogen-bond donors (Lipinski definition) is 2. The van der Waals surface area contributed by atoms with Gasteiger partial charge < -0.3 is 11.1 Å². The standard InChI is InChI=1S/C10H18N2OS/c1-4-5-9(11)10(13)12-7-6-8(2)14-3/h1,8-9H,5-7,11H2,2-3H3,(H,12,13). The average Bonchev–Trinajstić information content (AvgIpc) is 2.17. The molecule has 0 saturated heterocycles. The Morgan fingerprint density at radius 3 is 2.86 bits per heavy atom. The van der Waals surface area contributed by atoms with Crippen molar-refractivity contribution >= 4 is 17.7 Å². The Balaban J connectivity index is 3.59. The van der Waals surface area contributed by atoms with Crippen molar-refractivity contribution in [3.63, 3.8) is 0 Å². The van der Waals surface area contributed by atoms with Crippen LogP contribution in [-0.2, 0) is 4.79 Å². The summed E-state index contributed by atoms with van der Waals surface area (Å²) in [6.45, 7) is 2.79. The number of terminal acetylenes is 1. The lowest BCUT2D eigenvalue weighted by Crippen LogP contribution is -2.41. The zero-order chi connectivity index (χ0) is 11.0. The molecule has 0 aromatic rings. The molecule has 0 aliphatic carbocycles. The first kappa shape index (κ1) is 13.3. The van der Waals surface area contributed by atoms with Gasteiger partial charge in [-0.15, -0.1) is 12.3 Å². The highest BCUT2D eigenvalue weighted by Crippen LogP contribution is 2.07. The summed E-state index contributed by atoms with van der Waals surface area (Å²) in [5.41, 5.74) is 5.52. The summed E-state index contributed by atoms with van der Waals surface area (Å²) in [7, 11) is 0. The lowest BCUT2D eigenvalue weighted by atomic mass is 10.2. The summed E-state index contributed by atoms with van der Waals surface area (Å²) in [6, 6.07) is -0.565. The predicted molar refractivity (Wildman–Crippen MR) is 62.0 cm³/mol. The summed E-state index contributed by atoms with van der Waals surface area (Å²) in [6.07, 6.45) is 8.35. The maximum absolute atomic E-state index is 11.3. The quantitative estimate of drug-likeness (QED) is 0.636. The van der Waals surface area contributed by atoms with Crippen LogP contribution in [-0.4, -0.2) is 30.0 Å². The van der Waals surface area contributed by atoms with Crippen LogP contribution in [0.4, 0.5) is 0 Å². The highest BCUT2D eigenvalue weighted by atomic mass is 32.2. The predicted octanol–water partition coefficient (Wildman–Crippen LogP) is 0.595. The van der Waals surface area contributed by atoms with E-state index in [1.807, 2.05) is 0 Å². The van der Waals surface area contributed by atoms with Crippen LogP contribution in [0.2, 0.25) is 0 Å². The van der Waals surface area contributed by atoms with Crippen molar-refractivity contribution in [2.75, 3.05) is 12.8 Å². The van der Waals surface area contributed by atoms with E-state index >= 15 is 0 Å². The number of thioether (sulfide) groups is 1. The largest absolute Gasteiger partial charge is 0.355 e. The second-order valence-electron chi connectivity index (χ2n) is 3.14. The third-order valence-electron chi connectivity index (χ3n) is 1.93. The van der Waals surface area contributed by atoms with Crippen LogP contribution < -0.4 is 11.1 Å². The van der Waals surface area contributed by atoms with Gasteiger partial charge in [0.25, 0.3) is 0 Å². The van der Waals surface area contributed by atoms with Crippen molar-refractivity contribution in [2.24, 2.45) is 5.73 Å². The Bertz CT molecular complexity index is 213. The molecular formula is C10H18N2OS. The molecule has 0 spiro atoms. The summed E-state index contributed by atoms with van der Waals surface area (Å²) in [5.74, 6) is 2.21. The van der Waals surface area contributed by atoms with E-state index in [9.17, 15) is 4.79 Å². The maximum atomic E-state index is 11.3. The monoisotopic (exact) mass is 214 g/mol. The maximum Gasteiger partial charge on any atom is 0.237 e. The summed E-state index contributed by atoms with van der Waals surface area (Å²) >= 11 is 1.78. The minimum absolute atomic E-state index is 0.156. The van der Waals surface area contributed by atoms with E-state index in [2.05, 4.69) is 24.4 Å². The van der Waals surface area contributed by atoms with Gasteiger partial charge in [0, 0.05) is 18.2 Å². The van der Waals surface area contributed by atoms with Gasteiger partial charge in [0.1, 0.15) is 0 Å². The molecule has 80 valence electrons. The molecule has 0 rings (SSSR count). The van der Waals surface area contributed by atoms with Crippen LogP contribution >= 0.6 is 11.8 Å². The van der Waals surface area contributed by atoms with E-state index in [0.29, 0.717) is 18.2 Å². The molecule has 0 saturated carbocycles. The van der Waals surface area contributed by atoms with E-state index in [0.717, 1.165) is 6.42 Å². The molecule has 1 amide bonds. The second-order valence-corrected chi connectivity index (χ2v) is 4.42. The fraction of sp³-hybridized carbons (Fsp3) is 0.700. The fourth-order valence-electron chi connectivity index (χ4n) is 0.867. The number of carbonyl (C=O) groups is 1. The third kappa shape index (κ3) is 5.90. The van der Waals surface area contributed by atoms with E-state index in [4.69, 9.17) is 12.2 Å². The molecule has 3 N–H and O–H groups in total. The van der Waals surface area contributed by atoms with Crippen molar-refractivity contribution in [1.82, 2.24) is 5.32 Å². The zero-order valence-electron chi connectivity index (χ0n) is 8.75. The SMILES string of the molecule is C#CCC(N)C(=O)NCCC(C)SC. The van der Waals surface area contributed by atoms with Gasteiger partial charge in [-0.2, -0.15) is 11.8 Å². The molecule has 0 fully saturated rings. The van der Waals surface area contributed by atoms with E-state index < -0.39 is 6.04 Å². The average molecular weight is 214 g/mol. The zero-order valence-corrected chi connectivity index (χ0v) is 9.56. The van der Waals surface area contributed by atoms with Gasteiger partial charge in [0.05, 0.1) is 6.04 Å². The highest BCUT2D eigenvalue weighted by molar-refractivity contribution is 7.99. The molecule has 0 bridgehead atoms. The van der Waals surface area contributed by atoms with Crippen LogP contribution in [0.25, 0.3) is 0 Å². The number of nitrogens with one attached hydrogen (secondary N) is 1. The van der Waals surface area contributed by atoms with Crippen molar-refractivity contribution < 1.29 is 4.79 Å². The molecule has 4 heteroatoms. The topological polar surface area (TPSA) is 55.1 Å². The molecule has 0 aliphatic rings. The van der Waals surface area contributed by atoms with Gasteiger partial charge in [0.2, 0.25) is 5.91 Å². The van der Waals surface area contributed by atoms with Crippen LogP contribution in [0, 0.1) is 12.3 Å². The van der Waals surface area contributed by atoms with Gasteiger partial charge >= 0.3 is 0 Å². The molecule has 2 unspecified atom stereocenters. The molecule has 0 radical (unpaired) electrons. The minimum atomic E-state index is -0.565. The lowest BCUT2D eigenvalue weighted by Gasteiger charge is -2.11. The Kier molecular flexibility index (Phi) is 7.35. The number of amides is 1. The van der Waals surface area contributed by atoms with E-state index in [1.54, 1.807) is 11.8 Å². The Morgan fingerprint density at radius 1 is 1.71 bits per heavy atom. The van der Waals surface area contributed by atoms with Gasteiger partial charge in [-0.05, 0) is 12.7 Å². The van der Waals surface area contributed by atoms with Crippen LogP contribution in [0.15, 0.2) is 0 Å². The summed E-state index contributed by atoms with van der Waals surface area (Å²) in [4.78, 5) is 11.3. The van der Waals surface area contributed by atoms with Crippen molar-refractivity contribution in [3.8, 4) is 12.3 Å². The number of nitrogens with two attached hydrogens (primary N) is 1. The number of carbonyl (C=O) groups excluding carboxylic acids is 1. The van der Waals surface area contributed by atoms with E-state index in [-0.39, 0.29) is 5.91 Å². The molecule has 14 heavy (non-hydrogen) atoms. The van der Waals surface area contributed by atoms with Crippen molar-refractivity contribution in [2.45, 2.75) is 31.1 Å². The number of rotatable bonds is 6. The molecule has 0 aromatic carbocycles. The Labute approximate surface area is 90.2 Å². The van der Waals surface area contributed by atoms with Gasteiger partial charge in [0.15, 0.2) is 0 Å². The normalized spacial score (nSPS) is 14.1. The van der Waals surface area contributed by atoms with Crippen molar-refractivity contribution in [3.05, 3.63) is 0 Å². The van der Waals surface area contributed by atoms with Crippen LogP contribution in [0.1, 0.15) is 19.8 Å². The summed E-state index contributed by atoms with van der Waals surface area (Å²) < 4.78 is 0. The Morgan fingerprint density at radius 2 is 2.36 bits per heavy atom. The fourth-order valence-corrected chi connectivity index (χ4v) is 1.22. The van der Waals surface area contributed by atoms with Gasteiger partial charge in [-0.3, -0.25) is 4.79 Å². The first-order valence-corrected chi connectivity index (χ1v) is 5.90. The second kappa shape index (κ2) is 7.72. The minimum Gasteiger partial charge on any atom is -0.355 e. The van der Waals surface area contributed by atoms with Crippen LogP contribution in [0.3, 0.4) is 0 Å². The third-order valence-corrected chi connectivity index (χ3v) is 2.97. The molecule has 0 aliphatic heterocycles. The smallest absolute Gasteiger partial charge is 0.237 e. The van der Waals surface area contributed by atoms with Crippen LogP contribution in [0.5, 0.6) is 0 Å². The molecule has 0 aromatic heterocycles. The molecule has 2 atom stereocenters. The first-order valence-electron chi connectivity index (χ1n) is 4.61. The highest BCUT2D eigenvalue weighted by Gasteiger charge is 2.11. The van der Waals surface area contributed by atoms with Gasteiger partial charge in [-0.1, -0.05) is 6.92 Å².